The van der Waals surface area contributed by atoms with Crippen molar-refractivity contribution in [3.8, 4) is 0 Å². The van der Waals surface area contributed by atoms with E-state index >= 15 is 0 Å². The van der Waals surface area contributed by atoms with Crippen LogP contribution in [0.15, 0.2) is 53.4 Å². The van der Waals surface area contributed by atoms with Crippen LogP contribution in [0, 0.1) is 5.82 Å². The second-order valence-electron chi connectivity index (χ2n) is 8.54. The van der Waals surface area contributed by atoms with Crippen molar-refractivity contribution in [2.75, 3.05) is 49.6 Å². The molecule has 12 heteroatoms. The van der Waals surface area contributed by atoms with Crippen LogP contribution in [0.1, 0.15) is 13.3 Å². The van der Waals surface area contributed by atoms with Gasteiger partial charge in [0.25, 0.3) is 5.91 Å². The molecule has 2 aromatic rings. The molecule has 36 heavy (non-hydrogen) atoms. The third-order valence-electron chi connectivity index (χ3n) is 6.08. The van der Waals surface area contributed by atoms with Crippen molar-refractivity contribution in [1.82, 2.24) is 9.21 Å². The molecule has 2 aliphatic heterocycles. The van der Waals surface area contributed by atoms with Crippen LogP contribution < -0.4 is 10.2 Å². The molecule has 0 radical (unpaired) electrons. The van der Waals surface area contributed by atoms with Gasteiger partial charge in [0.15, 0.2) is 0 Å². The Balaban J connectivity index is 1.63. The molecule has 0 bridgehead atoms. The van der Waals surface area contributed by atoms with Crippen LogP contribution in [0.4, 0.5) is 15.8 Å². The number of anilines is 2. The maximum absolute atomic E-state index is 13.7. The number of nitrogens with one attached hydrogen (secondary N) is 1. The van der Waals surface area contributed by atoms with E-state index in [1.165, 1.54) is 43.3 Å². The zero-order chi connectivity index (χ0) is 25.9. The highest BCUT2D eigenvalue weighted by Crippen LogP contribution is 2.30. The summed E-state index contributed by atoms with van der Waals surface area (Å²) in [5.74, 6) is -2.07. The van der Waals surface area contributed by atoms with E-state index < -0.39 is 33.7 Å². The Morgan fingerprint density at radius 3 is 2.33 bits per heavy atom. The number of morpholine rings is 1. The monoisotopic (exact) mass is 518 g/mol. The van der Waals surface area contributed by atoms with E-state index in [2.05, 4.69) is 5.32 Å². The lowest BCUT2D eigenvalue weighted by molar-refractivity contribution is -0.122. The molecule has 2 aliphatic rings. The molecule has 2 fully saturated rings. The second-order valence-corrected chi connectivity index (χ2v) is 10.4. The molecule has 1 atom stereocenters. The largest absolute Gasteiger partial charge is 0.379 e. The smallest absolute Gasteiger partial charge is 0.252 e. The number of amides is 3. The highest BCUT2D eigenvalue weighted by Gasteiger charge is 2.47. The molecule has 10 nitrogen and oxygen atoms in total. The molecule has 1 N–H and O–H groups in total. The Hall–Kier alpha value is -3.19. The molecule has 4 rings (SSSR count). The van der Waals surface area contributed by atoms with Crippen molar-refractivity contribution >= 4 is 39.1 Å². The number of carbonyl (C=O) groups excluding carboxylic acids is 3. The van der Waals surface area contributed by atoms with Gasteiger partial charge < -0.3 is 10.1 Å². The number of sulfonamides is 1. The minimum Gasteiger partial charge on any atom is -0.379 e. The minimum atomic E-state index is -4.20. The summed E-state index contributed by atoms with van der Waals surface area (Å²) >= 11 is 0. The van der Waals surface area contributed by atoms with E-state index in [0.717, 1.165) is 21.3 Å². The molecule has 1 unspecified atom stereocenters. The predicted molar refractivity (Wildman–Crippen MR) is 129 cm³/mol. The van der Waals surface area contributed by atoms with Gasteiger partial charge in [-0.05, 0) is 48.5 Å². The average Bonchev–Trinajstić information content (AvgIpc) is 3.14. The Labute approximate surface area is 208 Å². The van der Waals surface area contributed by atoms with Gasteiger partial charge in [0, 0.05) is 38.8 Å². The second kappa shape index (κ2) is 10.8. The lowest BCUT2D eigenvalue weighted by Gasteiger charge is -2.31. The Bertz CT molecular complexity index is 1230. The highest BCUT2D eigenvalue weighted by atomic mass is 32.2. The van der Waals surface area contributed by atoms with Gasteiger partial charge in [0.1, 0.15) is 11.9 Å². The Morgan fingerprint density at radius 1 is 1.08 bits per heavy atom. The van der Waals surface area contributed by atoms with E-state index in [1.54, 1.807) is 0 Å². The van der Waals surface area contributed by atoms with Gasteiger partial charge in [0.2, 0.25) is 21.8 Å². The Morgan fingerprint density at radius 2 is 1.72 bits per heavy atom. The number of carbonyl (C=O) groups is 3. The van der Waals surface area contributed by atoms with Crippen LogP contribution in [0.5, 0.6) is 0 Å². The summed E-state index contributed by atoms with van der Waals surface area (Å²) in [6.07, 6.45) is -0.331. The zero-order valence-electron chi connectivity index (χ0n) is 19.7. The highest BCUT2D eigenvalue weighted by molar-refractivity contribution is 7.89. The fourth-order valence-electron chi connectivity index (χ4n) is 4.26. The van der Waals surface area contributed by atoms with Crippen LogP contribution in [0.3, 0.4) is 0 Å². The number of rotatable bonds is 8. The van der Waals surface area contributed by atoms with Gasteiger partial charge in [0.05, 0.1) is 30.2 Å². The summed E-state index contributed by atoms with van der Waals surface area (Å²) in [5.41, 5.74) is 0.606. The zero-order valence-corrected chi connectivity index (χ0v) is 20.5. The molecular formula is C24H27FN4O6S. The van der Waals surface area contributed by atoms with Crippen molar-refractivity contribution < 1.29 is 31.9 Å². The summed E-state index contributed by atoms with van der Waals surface area (Å²) in [7, 11) is -4.20. The molecule has 0 aromatic heterocycles. The maximum Gasteiger partial charge on any atom is 0.252 e. The van der Waals surface area contributed by atoms with Crippen LogP contribution >= 0.6 is 0 Å². The topological polar surface area (TPSA) is 116 Å². The van der Waals surface area contributed by atoms with Gasteiger partial charge in [-0.2, -0.15) is 4.31 Å². The Kier molecular flexibility index (Phi) is 7.79. The van der Waals surface area contributed by atoms with Crippen LogP contribution in [0.2, 0.25) is 0 Å². The first kappa shape index (κ1) is 25.9. The van der Waals surface area contributed by atoms with E-state index in [4.69, 9.17) is 4.74 Å². The van der Waals surface area contributed by atoms with Crippen molar-refractivity contribution in [2.45, 2.75) is 24.3 Å². The van der Waals surface area contributed by atoms with Crippen molar-refractivity contribution in [3.05, 3.63) is 54.3 Å². The van der Waals surface area contributed by atoms with Gasteiger partial charge in [-0.15, -0.1) is 0 Å². The fraction of sp³-hybridized carbons (Fsp3) is 0.375. The molecule has 3 amide bonds. The number of hydrogen-bond donors (Lipinski definition) is 1. The van der Waals surface area contributed by atoms with Crippen molar-refractivity contribution in [2.24, 2.45) is 0 Å². The molecule has 2 heterocycles. The number of hydrogen-bond acceptors (Lipinski definition) is 7. The lowest BCUT2D eigenvalue weighted by atomic mass is 10.2. The van der Waals surface area contributed by atoms with Crippen molar-refractivity contribution in [1.29, 1.82) is 0 Å². The normalized spacial score (nSPS) is 19.2. The molecular weight excluding hydrogens is 491 g/mol. The van der Waals surface area contributed by atoms with E-state index in [0.29, 0.717) is 38.5 Å². The molecule has 2 saturated heterocycles. The summed E-state index contributed by atoms with van der Waals surface area (Å²) in [4.78, 5) is 40.4. The van der Waals surface area contributed by atoms with Gasteiger partial charge in [-0.1, -0.05) is 0 Å². The number of ether oxygens (including phenoxy) is 1. The summed E-state index contributed by atoms with van der Waals surface area (Å²) in [6.45, 7) is 3.97. The first-order valence-electron chi connectivity index (χ1n) is 11.5. The van der Waals surface area contributed by atoms with Crippen LogP contribution in [0.25, 0.3) is 0 Å². The number of nitrogens with zero attached hydrogens (tertiary/aromatic N) is 3. The molecule has 0 spiro atoms. The number of halogens is 1. The predicted octanol–water partition coefficient (Wildman–Crippen LogP) is 1.44. The number of benzene rings is 2. The summed E-state index contributed by atoms with van der Waals surface area (Å²) in [6, 6.07) is 9.25. The van der Waals surface area contributed by atoms with Crippen LogP contribution in [-0.2, 0) is 29.1 Å². The fourth-order valence-corrected chi connectivity index (χ4v) is 5.83. The molecule has 2 aromatic carbocycles. The van der Waals surface area contributed by atoms with E-state index in [1.807, 2.05) is 4.90 Å². The first-order valence-corrected chi connectivity index (χ1v) is 12.9. The molecule has 0 saturated carbocycles. The molecule has 192 valence electrons. The molecule has 0 aliphatic carbocycles. The first-order chi connectivity index (χ1) is 17.2. The van der Waals surface area contributed by atoms with Gasteiger partial charge >= 0.3 is 0 Å². The van der Waals surface area contributed by atoms with E-state index in [-0.39, 0.29) is 29.5 Å². The quantitative estimate of drug-likeness (QED) is 0.526. The minimum absolute atomic E-state index is 0.0171. The average molecular weight is 519 g/mol. The van der Waals surface area contributed by atoms with Crippen LogP contribution in [-0.4, -0.2) is 80.8 Å². The standard InChI is InChI=1S/C24H27FN4O6S/c1-17(30)26-19-4-8-21(9-5-19)36(33,34)28(11-10-27-12-14-35-15-13-27)22-16-23(31)29(24(22)32)20-6-2-18(25)3-7-20/h2-9,22H,10-16H2,1H3,(H,26,30). The summed E-state index contributed by atoms with van der Waals surface area (Å²) in [5, 5.41) is 2.58. The van der Waals surface area contributed by atoms with E-state index in [9.17, 15) is 27.2 Å². The lowest BCUT2D eigenvalue weighted by Crippen LogP contribution is -2.49. The third kappa shape index (κ3) is 5.62. The SMILES string of the molecule is CC(=O)Nc1ccc(S(=O)(=O)N(CCN2CCOCC2)C2CC(=O)N(c3ccc(F)cc3)C2=O)cc1. The third-order valence-corrected chi connectivity index (χ3v) is 8.00. The maximum atomic E-state index is 13.7. The summed E-state index contributed by atoms with van der Waals surface area (Å²) < 4.78 is 47.3. The van der Waals surface area contributed by atoms with Crippen molar-refractivity contribution in [3.63, 3.8) is 0 Å². The van der Waals surface area contributed by atoms with Gasteiger partial charge in [-0.3, -0.25) is 19.3 Å². The van der Waals surface area contributed by atoms with Gasteiger partial charge in [-0.25, -0.2) is 17.7 Å². The number of imide groups is 1.